The standard InChI is InChI=1S/C31H31F4N5O/c32-30-24-16-21(9-11-26(24)40(38-30)28-8-4-5-15-41-28)29(25(17-31(33,34)35)20-6-2-1-3-7-20)22-10-12-27(37-18-22)39-14-13-23(36)19-39/h1-3,6-7,9-12,16,18,23,28H,4-5,8,13-15,17,19,36H2/b29-25-/t23-,28?/m0/s1. The summed E-state index contributed by atoms with van der Waals surface area (Å²) in [5.41, 5.74) is 8.40. The first-order valence-corrected chi connectivity index (χ1v) is 13.9. The Balaban J connectivity index is 1.51. The average molecular weight is 566 g/mol. The van der Waals surface area contributed by atoms with Crippen LogP contribution in [-0.4, -0.2) is 46.7 Å². The van der Waals surface area contributed by atoms with E-state index >= 15 is 4.39 Å². The molecule has 1 unspecified atom stereocenters. The lowest BCUT2D eigenvalue weighted by molar-refractivity contribution is -0.122. The second-order valence-electron chi connectivity index (χ2n) is 10.7. The number of hydrogen-bond acceptors (Lipinski definition) is 5. The first-order valence-electron chi connectivity index (χ1n) is 13.9. The van der Waals surface area contributed by atoms with Crippen molar-refractivity contribution in [1.29, 1.82) is 0 Å². The predicted molar refractivity (Wildman–Crippen MR) is 151 cm³/mol. The molecular formula is C31H31F4N5O. The van der Waals surface area contributed by atoms with E-state index in [4.69, 9.17) is 10.5 Å². The van der Waals surface area contributed by atoms with E-state index in [1.165, 1.54) is 0 Å². The molecule has 0 aliphatic carbocycles. The number of ether oxygens (including phenoxy) is 1. The van der Waals surface area contributed by atoms with Crippen molar-refractivity contribution in [2.24, 2.45) is 5.73 Å². The highest BCUT2D eigenvalue weighted by molar-refractivity contribution is 6.00. The van der Waals surface area contributed by atoms with Gasteiger partial charge in [-0.05, 0) is 72.2 Å². The van der Waals surface area contributed by atoms with Crippen LogP contribution in [0.5, 0.6) is 0 Å². The molecule has 41 heavy (non-hydrogen) atoms. The highest BCUT2D eigenvalue weighted by Crippen LogP contribution is 2.40. The normalized spacial score (nSPS) is 20.5. The Morgan fingerprint density at radius 3 is 2.44 bits per heavy atom. The van der Waals surface area contributed by atoms with Crippen LogP contribution in [0.15, 0.2) is 66.9 Å². The van der Waals surface area contributed by atoms with Crippen LogP contribution in [0.3, 0.4) is 0 Å². The molecule has 2 atom stereocenters. The summed E-state index contributed by atoms with van der Waals surface area (Å²) in [6.07, 6.45) is -0.974. The Bertz CT molecular complexity index is 1540. The maximum absolute atomic E-state index is 15.2. The van der Waals surface area contributed by atoms with Crippen molar-refractivity contribution in [3.8, 4) is 0 Å². The highest BCUT2D eigenvalue weighted by atomic mass is 19.4. The van der Waals surface area contributed by atoms with Gasteiger partial charge in [-0.2, -0.15) is 17.6 Å². The molecule has 6 rings (SSSR count). The van der Waals surface area contributed by atoms with Gasteiger partial charge in [0.15, 0.2) is 6.23 Å². The third-order valence-electron chi connectivity index (χ3n) is 7.76. The fourth-order valence-corrected chi connectivity index (χ4v) is 5.80. The number of nitrogens with two attached hydrogens (primary N) is 1. The maximum atomic E-state index is 15.2. The number of rotatable bonds is 6. The molecule has 4 heterocycles. The van der Waals surface area contributed by atoms with Gasteiger partial charge >= 0.3 is 6.18 Å². The fourth-order valence-electron chi connectivity index (χ4n) is 5.80. The second kappa shape index (κ2) is 11.3. The van der Waals surface area contributed by atoms with Gasteiger partial charge in [0.25, 0.3) is 0 Å². The topological polar surface area (TPSA) is 69.2 Å². The summed E-state index contributed by atoms with van der Waals surface area (Å²) in [4.78, 5) is 6.67. The largest absolute Gasteiger partial charge is 0.393 e. The van der Waals surface area contributed by atoms with E-state index in [-0.39, 0.29) is 23.2 Å². The van der Waals surface area contributed by atoms with Crippen LogP contribution < -0.4 is 10.6 Å². The fraction of sp³-hybridized carbons (Fsp3) is 0.355. The summed E-state index contributed by atoms with van der Waals surface area (Å²) in [5, 5.41) is 4.34. The van der Waals surface area contributed by atoms with Crippen LogP contribution in [0.1, 0.15) is 55.0 Å². The van der Waals surface area contributed by atoms with Crippen molar-refractivity contribution in [3.63, 3.8) is 0 Å². The van der Waals surface area contributed by atoms with Gasteiger partial charge in [0.2, 0.25) is 5.95 Å². The third kappa shape index (κ3) is 5.85. The van der Waals surface area contributed by atoms with Crippen LogP contribution >= 0.6 is 0 Å². The van der Waals surface area contributed by atoms with Gasteiger partial charge < -0.3 is 15.4 Å². The van der Waals surface area contributed by atoms with Crippen molar-refractivity contribution in [1.82, 2.24) is 14.8 Å². The van der Waals surface area contributed by atoms with Crippen LogP contribution in [0.2, 0.25) is 0 Å². The summed E-state index contributed by atoms with van der Waals surface area (Å²) in [5.74, 6) is 0.0275. The molecule has 214 valence electrons. The molecule has 2 saturated heterocycles. The van der Waals surface area contributed by atoms with Gasteiger partial charge in [-0.3, -0.25) is 0 Å². The number of hydrogen-bond donors (Lipinski definition) is 1. The summed E-state index contributed by atoms with van der Waals surface area (Å²) in [6.45, 7) is 2.01. The summed E-state index contributed by atoms with van der Waals surface area (Å²) in [6, 6.07) is 17.2. The van der Waals surface area contributed by atoms with Gasteiger partial charge in [-0.15, -0.1) is 5.10 Å². The molecule has 0 amide bonds. The molecule has 6 nitrogen and oxygen atoms in total. The Labute approximate surface area is 235 Å². The Morgan fingerprint density at radius 1 is 0.976 bits per heavy atom. The smallest absolute Gasteiger partial charge is 0.356 e. The molecule has 0 radical (unpaired) electrons. The lowest BCUT2D eigenvalue weighted by Gasteiger charge is -2.23. The molecule has 4 aromatic rings. The number of benzene rings is 2. The SMILES string of the molecule is N[C@H]1CCN(c2ccc(/C(=C(/CC(F)(F)F)c3ccccc3)c3ccc4c(c3)c(F)nn4C3CCCCO3)cn2)C1. The van der Waals surface area contributed by atoms with Gasteiger partial charge in [0, 0.05) is 37.5 Å². The van der Waals surface area contributed by atoms with Crippen LogP contribution in [0, 0.1) is 5.95 Å². The zero-order chi connectivity index (χ0) is 28.6. The van der Waals surface area contributed by atoms with Crippen LogP contribution in [-0.2, 0) is 4.74 Å². The molecule has 2 aromatic carbocycles. The zero-order valence-corrected chi connectivity index (χ0v) is 22.4. The first-order chi connectivity index (χ1) is 19.8. The minimum absolute atomic E-state index is 0.0601. The number of fused-ring (bicyclic) bond motifs is 1. The van der Waals surface area contributed by atoms with E-state index in [0.29, 0.717) is 53.2 Å². The highest BCUT2D eigenvalue weighted by Gasteiger charge is 2.32. The van der Waals surface area contributed by atoms with Gasteiger partial charge in [0.05, 0.1) is 17.3 Å². The minimum atomic E-state index is -4.48. The molecule has 10 heteroatoms. The van der Waals surface area contributed by atoms with E-state index in [2.05, 4.69) is 15.0 Å². The molecule has 2 fully saturated rings. The van der Waals surface area contributed by atoms with Crippen LogP contribution in [0.25, 0.3) is 22.0 Å². The number of halogens is 4. The van der Waals surface area contributed by atoms with Crippen LogP contribution in [0.4, 0.5) is 23.4 Å². The first kappa shape index (κ1) is 27.4. The zero-order valence-electron chi connectivity index (χ0n) is 22.4. The number of nitrogens with zero attached hydrogens (tertiary/aromatic N) is 4. The number of allylic oxidation sites excluding steroid dienone is 1. The van der Waals surface area contributed by atoms with E-state index in [1.54, 1.807) is 71.5 Å². The van der Waals surface area contributed by atoms with E-state index in [1.807, 2.05) is 0 Å². The predicted octanol–water partition coefficient (Wildman–Crippen LogP) is 6.72. The van der Waals surface area contributed by atoms with Crippen molar-refractivity contribution in [2.45, 2.75) is 50.6 Å². The minimum Gasteiger partial charge on any atom is -0.356 e. The molecule has 2 N–H and O–H groups in total. The Hall–Kier alpha value is -3.76. The number of alkyl halides is 3. The van der Waals surface area contributed by atoms with Crippen molar-refractivity contribution >= 4 is 27.9 Å². The van der Waals surface area contributed by atoms with Gasteiger partial charge in [-0.25, -0.2) is 9.67 Å². The molecule has 2 aliphatic heterocycles. The number of anilines is 1. The van der Waals surface area contributed by atoms with Crippen molar-refractivity contribution in [2.75, 3.05) is 24.6 Å². The Morgan fingerprint density at radius 2 is 1.78 bits per heavy atom. The summed E-state index contributed by atoms with van der Waals surface area (Å²) in [7, 11) is 0. The van der Waals surface area contributed by atoms with E-state index < -0.39 is 18.5 Å². The molecule has 0 saturated carbocycles. The molecule has 2 aromatic heterocycles. The number of pyridine rings is 1. The van der Waals surface area contributed by atoms with Gasteiger partial charge in [0.1, 0.15) is 5.82 Å². The molecule has 0 bridgehead atoms. The van der Waals surface area contributed by atoms with Crippen molar-refractivity contribution < 1.29 is 22.3 Å². The van der Waals surface area contributed by atoms with E-state index in [9.17, 15) is 13.2 Å². The summed E-state index contributed by atoms with van der Waals surface area (Å²) < 4.78 is 64.8. The second-order valence-corrected chi connectivity index (χ2v) is 10.7. The molecule has 0 spiro atoms. The maximum Gasteiger partial charge on any atom is 0.393 e. The quantitative estimate of drug-likeness (QED) is 0.208. The van der Waals surface area contributed by atoms with E-state index in [0.717, 1.165) is 25.8 Å². The molecule has 2 aliphatic rings. The summed E-state index contributed by atoms with van der Waals surface area (Å²) >= 11 is 0. The lowest BCUT2D eigenvalue weighted by Crippen LogP contribution is -2.26. The third-order valence-corrected chi connectivity index (χ3v) is 7.76. The van der Waals surface area contributed by atoms with Gasteiger partial charge in [-0.1, -0.05) is 36.4 Å². The average Bonchev–Trinajstić information content (AvgIpc) is 3.56. The van der Waals surface area contributed by atoms with Crippen molar-refractivity contribution in [3.05, 3.63) is 89.5 Å². The Kier molecular flexibility index (Phi) is 7.52. The monoisotopic (exact) mass is 565 g/mol. The number of aromatic nitrogens is 3. The lowest BCUT2D eigenvalue weighted by atomic mass is 9.88. The molecular weight excluding hydrogens is 534 g/mol.